The number of rotatable bonds is 2. The van der Waals surface area contributed by atoms with Crippen LogP contribution in [0, 0.1) is 0 Å². The van der Waals surface area contributed by atoms with Crippen LogP contribution < -0.4 is 11.1 Å². The number of nitrogens with one attached hydrogen (secondary N) is 1. The summed E-state index contributed by atoms with van der Waals surface area (Å²) < 4.78 is 4.91. The zero-order valence-electron chi connectivity index (χ0n) is 6.12. The lowest BCUT2D eigenvalue weighted by atomic mass is 10.2. The molecule has 1 heterocycles. The average molecular weight is 160 g/mol. The van der Waals surface area contributed by atoms with E-state index in [0.29, 0.717) is 6.61 Å². The van der Waals surface area contributed by atoms with Crippen LogP contribution in [0.25, 0.3) is 0 Å². The number of nitrogens with two attached hydrogens (primary N) is 1. The third kappa shape index (κ3) is 2.14. The van der Waals surface area contributed by atoms with Crippen LogP contribution in [0.1, 0.15) is 0 Å². The van der Waals surface area contributed by atoms with E-state index in [2.05, 4.69) is 5.32 Å². The SMILES string of the molecule is NCC(=O)N[C@@H]1COC[C@H]1O. The van der Waals surface area contributed by atoms with Gasteiger partial charge in [0.05, 0.1) is 31.9 Å². The van der Waals surface area contributed by atoms with Crippen LogP contribution in [-0.4, -0.2) is 42.9 Å². The predicted octanol–water partition coefficient (Wildman–Crippen LogP) is -2.18. The van der Waals surface area contributed by atoms with Gasteiger partial charge in [0, 0.05) is 0 Å². The molecule has 5 heteroatoms. The van der Waals surface area contributed by atoms with Crippen LogP contribution in [0.5, 0.6) is 0 Å². The van der Waals surface area contributed by atoms with Crippen LogP contribution in [0.2, 0.25) is 0 Å². The molecule has 0 unspecified atom stereocenters. The molecule has 0 radical (unpaired) electrons. The summed E-state index contributed by atoms with van der Waals surface area (Å²) in [6.45, 7) is 0.603. The van der Waals surface area contributed by atoms with Gasteiger partial charge in [-0.2, -0.15) is 0 Å². The quantitative estimate of drug-likeness (QED) is 0.429. The zero-order chi connectivity index (χ0) is 8.27. The molecule has 1 fully saturated rings. The monoisotopic (exact) mass is 160 g/mol. The molecule has 1 amide bonds. The Morgan fingerprint density at radius 1 is 1.73 bits per heavy atom. The maximum atomic E-state index is 10.7. The number of carbonyl (C=O) groups is 1. The van der Waals surface area contributed by atoms with Gasteiger partial charge in [0.1, 0.15) is 0 Å². The Morgan fingerprint density at radius 3 is 2.91 bits per heavy atom. The normalized spacial score (nSPS) is 30.4. The van der Waals surface area contributed by atoms with Gasteiger partial charge in [-0.25, -0.2) is 0 Å². The molecule has 4 N–H and O–H groups in total. The highest BCUT2D eigenvalue weighted by Gasteiger charge is 2.26. The van der Waals surface area contributed by atoms with Gasteiger partial charge in [-0.05, 0) is 0 Å². The predicted molar refractivity (Wildman–Crippen MR) is 37.8 cm³/mol. The number of hydrogen-bond acceptors (Lipinski definition) is 4. The molecule has 0 aliphatic carbocycles. The molecular weight excluding hydrogens is 148 g/mol. The maximum Gasteiger partial charge on any atom is 0.234 e. The Bertz CT molecular complexity index is 151. The number of carbonyl (C=O) groups excluding carboxylic acids is 1. The molecule has 1 saturated heterocycles. The van der Waals surface area contributed by atoms with Crippen molar-refractivity contribution < 1.29 is 14.6 Å². The van der Waals surface area contributed by atoms with Gasteiger partial charge < -0.3 is 20.9 Å². The van der Waals surface area contributed by atoms with E-state index in [4.69, 9.17) is 15.6 Å². The molecule has 11 heavy (non-hydrogen) atoms. The number of ether oxygens (including phenoxy) is 1. The summed E-state index contributed by atoms with van der Waals surface area (Å²) >= 11 is 0. The first kappa shape index (κ1) is 8.45. The van der Waals surface area contributed by atoms with Crippen molar-refractivity contribution in [1.29, 1.82) is 0 Å². The second kappa shape index (κ2) is 3.66. The maximum absolute atomic E-state index is 10.7. The van der Waals surface area contributed by atoms with Crippen molar-refractivity contribution in [3.63, 3.8) is 0 Å². The minimum absolute atomic E-state index is 0.0524. The van der Waals surface area contributed by atoms with Crippen LogP contribution in [0.4, 0.5) is 0 Å². The number of aliphatic hydroxyl groups is 1. The van der Waals surface area contributed by atoms with Crippen LogP contribution in [-0.2, 0) is 9.53 Å². The van der Waals surface area contributed by atoms with Gasteiger partial charge in [0.25, 0.3) is 0 Å². The summed E-state index contributed by atoms with van der Waals surface area (Å²) in [6.07, 6.45) is -0.592. The molecule has 64 valence electrons. The molecule has 1 aliphatic rings. The Labute approximate surface area is 64.5 Å². The highest BCUT2D eigenvalue weighted by atomic mass is 16.5. The number of hydrogen-bond donors (Lipinski definition) is 3. The van der Waals surface area contributed by atoms with Gasteiger partial charge in [0.15, 0.2) is 0 Å². The molecule has 0 aromatic carbocycles. The van der Waals surface area contributed by atoms with E-state index in [1.165, 1.54) is 0 Å². The van der Waals surface area contributed by atoms with Crippen molar-refractivity contribution in [1.82, 2.24) is 5.32 Å². The summed E-state index contributed by atoms with van der Waals surface area (Å²) in [5, 5.41) is 11.7. The Kier molecular flexibility index (Phi) is 2.81. The molecule has 2 atom stereocenters. The standard InChI is InChI=1S/C6H12N2O3/c7-1-6(10)8-4-2-11-3-5(4)9/h4-5,9H,1-3,7H2,(H,8,10)/t4-,5-/m1/s1. The summed E-state index contributed by atoms with van der Waals surface area (Å²) in [4.78, 5) is 10.7. The van der Waals surface area contributed by atoms with Gasteiger partial charge in [-0.15, -0.1) is 0 Å². The fourth-order valence-electron chi connectivity index (χ4n) is 0.947. The molecule has 0 spiro atoms. The van der Waals surface area contributed by atoms with Crippen LogP contribution >= 0.6 is 0 Å². The average Bonchev–Trinajstić information content (AvgIpc) is 2.37. The zero-order valence-corrected chi connectivity index (χ0v) is 6.12. The van der Waals surface area contributed by atoms with Crippen molar-refractivity contribution in [2.75, 3.05) is 19.8 Å². The fourth-order valence-corrected chi connectivity index (χ4v) is 0.947. The summed E-state index contributed by atoms with van der Waals surface area (Å²) in [7, 11) is 0. The highest BCUT2D eigenvalue weighted by Crippen LogP contribution is 2.03. The van der Waals surface area contributed by atoms with Crippen molar-refractivity contribution in [3.8, 4) is 0 Å². The first-order valence-corrected chi connectivity index (χ1v) is 3.49. The smallest absolute Gasteiger partial charge is 0.234 e. The van der Waals surface area contributed by atoms with Gasteiger partial charge in [0.2, 0.25) is 5.91 Å². The van der Waals surface area contributed by atoms with E-state index in [9.17, 15) is 4.79 Å². The third-order valence-corrected chi connectivity index (χ3v) is 1.58. The van der Waals surface area contributed by atoms with Crippen molar-refractivity contribution in [2.24, 2.45) is 5.73 Å². The van der Waals surface area contributed by atoms with Crippen LogP contribution in [0.15, 0.2) is 0 Å². The molecule has 0 aromatic rings. The molecule has 0 aromatic heterocycles. The third-order valence-electron chi connectivity index (χ3n) is 1.58. The van der Waals surface area contributed by atoms with Crippen molar-refractivity contribution in [2.45, 2.75) is 12.1 Å². The first-order chi connectivity index (χ1) is 5.24. The highest BCUT2D eigenvalue weighted by molar-refractivity contribution is 5.78. The molecular formula is C6H12N2O3. The van der Waals surface area contributed by atoms with E-state index in [1.807, 2.05) is 0 Å². The summed E-state index contributed by atoms with van der Waals surface area (Å²) in [5.74, 6) is -0.264. The van der Waals surface area contributed by atoms with E-state index < -0.39 is 6.10 Å². The van der Waals surface area contributed by atoms with Crippen molar-refractivity contribution in [3.05, 3.63) is 0 Å². The first-order valence-electron chi connectivity index (χ1n) is 3.49. The summed E-state index contributed by atoms with van der Waals surface area (Å²) in [5.41, 5.74) is 5.06. The largest absolute Gasteiger partial charge is 0.388 e. The molecule has 0 bridgehead atoms. The minimum Gasteiger partial charge on any atom is -0.388 e. The Morgan fingerprint density at radius 2 is 2.45 bits per heavy atom. The molecule has 5 nitrogen and oxygen atoms in total. The van der Waals surface area contributed by atoms with Gasteiger partial charge >= 0.3 is 0 Å². The topological polar surface area (TPSA) is 84.6 Å². The van der Waals surface area contributed by atoms with Gasteiger partial charge in [-0.3, -0.25) is 4.79 Å². The van der Waals surface area contributed by atoms with E-state index in [1.54, 1.807) is 0 Å². The van der Waals surface area contributed by atoms with Crippen molar-refractivity contribution >= 4 is 5.91 Å². The van der Waals surface area contributed by atoms with Gasteiger partial charge in [-0.1, -0.05) is 0 Å². The number of aliphatic hydroxyl groups excluding tert-OH is 1. The lowest BCUT2D eigenvalue weighted by Gasteiger charge is -2.12. The van der Waals surface area contributed by atoms with E-state index in [0.717, 1.165) is 0 Å². The molecule has 1 aliphatic heterocycles. The van der Waals surface area contributed by atoms with E-state index >= 15 is 0 Å². The lowest BCUT2D eigenvalue weighted by Crippen LogP contribution is -2.44. The Balaban J connectivity index is 2.30. The Hall–Kier alpha value is -0.650. The van der Waals surface area contributed by atoms with E-state index in [-0.39, 0.29) is 25.1 Å². The van der Waals surface area contributed by atoms with Crippen LogP contribution in [0.3, 0.4) is 0 Å². The fraction of sp³-hybridized carbons (Fsp3) is 0.833. The number of amides is 1. The minimum atomic E-state index is -0.592. The lowest BCUT2D eigenvalue weighted by molar-refractivity contribution is -0.120. The second-order valence-corrected chi connectivity index (χ2v) is 2.48. The molecule has 0 saturated carbocycles. The second-order valence-electron chi connectivity index (χ2n) is 2.48. The molecule has 1 rings (SSSR count). The summed E-state index contributed by atoms with van der Waals surface area (Å²) in [6, 6.07) is -0.286.